The highest BCUT2D eigenvalue weighted by Crippen LogP contribution is 2.18. The molecular formula is C8H18N2O. The van der Waals surface area contributed by atoms with Gasteiger partial charge in [0.1, 0.15) is 0 Å². The van der Waals surface area contributed by atoms with E-state index in [1.807, 2.05) is 0 Å². The van der Waals surface area contributed by atoms with Crippen LogP contribution in [-0.2, 0) is 0 Å². The topological polar surface area (TPSA) is 49.5 Å². The Kier molecular flexibility index (Phi) is 3.30. The number of likely N-dealkylation sites (tertiary alicyclic amines) is 1. The van der Waals surface area contributed by atoms with Crippen molar-refractivity contribution in [3.8, 4) is 0 Å². The first kappa shape index (κ1) is 8.97. The molecule has 1 atom stereocenters. The zero-order valence-corrected chi connectivity index (χ0v) is 7.16. The van der Waals surface area contributed by atoms with Gasteiger partial charge in [-0.1, -0.05) is 0 Å². The van der Waals surface area contributed by atoms with Crippen molar-refractivity contribution in [2.75, 3.05) is 26.7 Å². The van der Waals surface area contributed by atoms with Crippen molar-refractivity contribution in [1.29, 1.82) is 0 Å². The minimum atomic E-state index is -0.274. The Hall–Kier alpha value is -0.120. The molecule has 0 amide bonds. The molecule has 1 saturated heterocycles. The van der Waals surface area contributed by atoms with E-state index in [4.69, 9.17) is 5.73 Å². The summed E-state index contributed by atoms with van der Waals surface area (Å²) in [6.07, 6.45) is 1.91. The normalized spacial score (nSPS) is 25.4. The van der Waals surface area contributed by atoms with Crippen LogP contribution in [0.25, 0.3) is 0 Å². The molecule has 1 rings (SSSR count). The molecule has 0 aromatic carbocycles. The highest BCUT2D eigenvalue weighted by atomic mass is 16.3. The summed E-state index contributed by atoms with van der Waals surface area (Å²) in [6.45, 7) is 2.61. The standard InChI is InChI=1S/C8H18N2O/c1-10-4-2-7(3-5-10)8(11)6-9/h7-8,11H,2-6,9H2,1H3/t8-/m1/s1. The summed E-state index contributed by atoms with van der Waals surface area (Å²) in [6, 6.07) is 0. The molecule has 1 fully saturated rings. The maximum Gasteiger partial charge on any atom is 0.0691 e. The number of aliphatic hydroxyl groups excluding tert-OH is 1. The third-order valence-electron chi connectivity index (χ3n) is 2.55. The van der Waals surface area contributed by atoms with Crippen molar-refractivity contribution in [1.82, 2.24) is 4.90 Å². The molecule has 3 heteroatoms. The molecule has 3 N–H and O–H groups in total. The number of hydrogen-bond acceptors (Lipinski definition) is 3. The van der Waals surface area contributed by atoms with Crippen molar-refractivity contribution >= 4 is 0 Å². The molecule has 66 valence electrons. The Morgan fingerprint density at radius 1 is 1.55 bits per heavy atom. The van der Waals surface area contributed by atoms with Crippen LogP contribution in [0.4, 0.5) is 0 Å². The first-order valence-electron chi connectivity index (χ1n) is 4.30. The predicted molar refractivity (Wildman–Crippen MR) is 45.3 cm³/mol. The van der Waals surface area contributed by atoms with E-state index in [9.17, 15) is 5.11 Å². The van der Waals surface area contributed by atoms with Gasteiger partial charge in [0.15, 0.2) is 0 Å². The quantitative estimate of drug-likeness (QED) is 0.577. The summed E-state index contributed by atoms with van der Waals surface area (Å²) in [5.41, 5.74) is 5.37. The lowest BCUT2D eigenvalue weighted by Gasteiger charge is -2.31. The zero-order valence-electron chi connectivity index (χ0n) is 7.16. The number of nitrogens with two attached hydrogens (primary N) is 1. The second kappa shape index (κ2) is 4.04. The van der Waals surface area contributed by atoms with Gasteiger partial charge in [0.2, 0.25) is 0 Å². The minimum absolute atomic E-state index is 0.274. The van der Waals surface area contributed by atoms with Crippen LogP contribution in [0.2, 0.25) is 0 Å². The maximum atomic E-state index is 9.43. The average Bonchev–Trinajstić information content (AvgIpc) is 2.05. The van der Waals surface area contributed by atoms with Gasteiger partial charge in [-0.15, -0.1) is 0 Å². The van der Waals surface area contributed by atoms with E-state index in [1.165, 1.54) is 0 Å². The lowest BCUT2D eigenvalue weighted by atomic mass is 9.91. The molecule has 3 nitrogen and oxygen atoms in total. The molecule has 1 aliphatic heterocycles. The number of aliphatic hydroxyl groups is 1. The molecule has 0 unspecified atom stereocenters. The van der Waals surface area contributed by atoms with Gasteiger partial charge >= 0.3 is 0 Å². The molecule has 1 heterocycles. The molecule has 0 aromatic rings. The van der Waals surface area contributed by atoms with E-state index in [0.717, 1.165) is 25.9 Å². The zero-order chi connectivity index (χ0) is 8.27. The summed E-state index contributed by atoms with van der Waals surface area (Å²) in [5.74, 6) is 0.441. The van der Waals surface area contributed by atoms with Gasteiger partial charge < -0.3 is 15.7 Å². The Bertz CT molecular complexity index is 111. The average molecular weight is 158 g/mol. The lowest BCUT2D eigenvalue weighted by Crippen LogP contribution is -2.38. The van der Waals surface area contributed by atoms with Gasteiger partial charge in [-0.3, -0.25) is 0 Å². The third-order valence-corrected chi connectivity index (χ3v) is 2.55. The van der Waals surface area contributed by atoms with Crippen LogP contribution in [0, 0.1) is 5.92 Å². The Labute approximate surface area is 68.2 Å². The first-order chi connectivity index (χ1) is 5.24. The molecule has 0 spiro atoms. The van der Waals surface area contributed by atoms with Gasteiger partial charge in [-0.2, -0.15) is 0 Å². The molecule has 11 heavy (non-hydrogen) atoms. The van der Waals surface area contributed by atoms with E-state index in [0.29, 0.717) is 12.5 Å². The van der Waals surface area contributed by atoms with Gasteiger partial charge in [0.25, 0.3) is 0 Å². The second-order valence-electron chi connectivity index (χ2n) is 3.44. The maximum absolute atomic E-state index is 9.43. The Morgan fingerprint density at radius 2 is 2.09 bits per heavy atom. The third kappa shape index (κ3) is 2.43. The van der Waals surface area contributed by atoms with Gasteiger partial charge in [0, 0.05) is 6.54 Å². The van der Waals surface area contributed by atoms with Crippen molar-refractivity contribution < 1.29 is 5.11 Å². The molecule has 0 saturated carbocycles. The SMILES string of the molecule is CN1CCC([C@H](O)CN)CC1. The molecule has 0 aliphatic carbocycles. The summed E-state index contributed by atoms with van der Waals surface area (Å²) >= 11 is 0. The van der Waals surface area contributed by atoms with Crippen LogP contribution < -0.4 is 5.73 Å². The van der Waals surface area contributed by atoms with Gasteiger partial charge in [-0.25, -0.2) is 0 Å². The van der Waals surface area contributed by atoms with Crippen molar-refractivity contribution in [3.63, 3.8) is 0 Å². The van der Waals surface area contributed by atoms with E-state index in [1.54, 1.807) is 0 Å². The van der Waals surface area contributed by atoms with E-state index >= 15 is 0 Å². The fourth-order valence-electron chi connectivity index (χ4n) is 1.61. The lowest BCUT2D eigenvalue weighted by molar-refractivity contribution is 0.0724. The van der Waals surface area contributed by atoms with Gasteiger partial charge in [-0.05, 0) is 38.9 Å². The fraction of sp³-hybridized carbons (Fsp3) is 1.00. The largest absolute Gasteiger partial charge is 0.392 e. The fourth-order valence-corrected chi connectivity index (χ4v) is 1.61. The molecular weight excluding hydrogens is 140 g/mol. The molecule has 0 radical (unpaired) electrons. The van der Waals surface area contributed by atoms with E-state index in [-0.39, 0.29) is 6.10 Å². The van der Waals surface area contributed by atoms with Crippen molar-refractivity contribution in [2.24, 2.45) is 11.7 Å². The smallest absolute Gasteiger partial charge is 0.0691 e. The van der Waals surface area contributed by atoms with Crippen LogP contribution >= 0.6 is 0 Å². The van der Waals surface area contributed by atoms with Crippen molar-refractivity contribution in [2.45, 2.75) is 18.9 Å². The molecule has 1 aliphatic rings. The first-order valence-corrected chi connectivity index (χ1v) is 4.30. The van der Waals surface area contributed by atoms with Crippen LogP contribution in [0.5, 0.6) is 0 Å². The van der Waals surface area contributed by atoms with Crippen LogP contribution in [0.1, 0.15) is 12.8 Å². The number of piperidine rings is 1. The number of nitrogens with zero attached hydrogens (tertiary/aromatic N) is 1. The summed E-state index contributed by atoms with van der Waals surface area (Å²) in [4.78, 5) is 2.29. The van der Waals surface area contributed by atoms with Crippen molar-refractivity contribution in [3.05, 3.63) is 0 Å². The summed E-state index contributed by atoms with van der Waals surface area (Å²) < 4.78 is 0. The van der Waals surface area contributed by atoms with E-state index in [2.05, 4.69) is 11.9 Å². The highest BCUT2D eigenvalue weighted by Gasteiger charge is 2.22. The number of rotatable bonds is 2. The predicted octanol–water partition coefficient (Wildman–Crippen LogP) is -0.352. The van der Waals surface area contributed by atoms with Crippen LogP contribution in [0.15, 0.2) is 0 Å². The van der Waals surface area contributed by atoms with E-state index < -0.39 is 0 Å². The second-order valence-corrected chi connectivity index (χ2v) is 3.44. The van der Waals surface area contributed by atoms with Gasteiger partial charge in [0.05, 0.1) is 6.10 Å². The summed E-state index contributed by atoms with van der Waals surface area (Å²) in [5, 5.41) is 9.43. The Balaban J connectivity index is 2.27. The summed E-state index contributed by atoms with van der Waals surface area (Å²) in [7, 11) is 2.12. The molecule has 0 aromatic heterocycles. The van der Waals surface area contributed by atoms with Crippen LogP contribution in [0.3, 0.4) is 0 Å². The molecule has 0 bridgehead atoms. The Morgan fingerprint density at radius 3 is 2.55 bits per heavy atom. The van der Waals surface area contributed by atoms with Crippen LogP contribution in [-0.4, -0.2) is 42.8 Å². The minimum Gasteiger partial charge on any atom is -0.392 e. The highest BCUT2D eigenvalue weighted by molar-refractivity contribution is 4.76. The monoisotopic (exact) mass is 158 g/mol. The number of hydrogen-bond donors (Lipinski definition) is 2.